The van der Waals surface area contributed by atoms with E-state index in [4.69, 9.17) is 0 Å². The summed E-state index contributed by atoms with van der Waals surface area (Å²) in [6.45, 7) is 7.95. The number of hydrogen-bond donors (Lipinski definition) is 0. The molecule has 6 aromatic rings. The van der Waals surface area contributed by atoms with Crippen LogP contribution in [-0.4, -0.2) is 12.7 Å². The zero-order chi connectivity index (χ0) is 34.9. The number of thioether (sulfide) groups is 1. The van der Waals surface area contributed by atoms with E-state index in [9.17, 15) is 8.78 Å². The highest BCUT2D eigenvalue weighted by Crippen LogP contribution is 2.46. The van der Waals surface area contributed by atoms with Crippen molar-refractivity contribution in [3.8, 4) is 0 Å². The normalized spacial score (nSPS) is 13.5. The van der Waals surface area contributed by atoms with Crippen molar-refractivity contribution in [1.29, 1.82) is 0 Å². The molecule has 2 nitrogen and oxygen atoms in total. The Morgan fingerprint density at radius 3 is 1.86 bits per heavy atom. The fraction of sp³-hybridized carbons (Fsp3) is 0.186. The number of unbranched alkanes of at least 4 members (excludes halogenated alkanes) is 1. The van der Waals surface area contributed by atoms with Gasteiger partial charge in [-0.25, -0.2) is 8.78 Å². The predicted octanol–water partition coefficient (Wildman–Crippen LogP) is 9.93. The molecule has 50 heavy (non-hydrogen) atoms. The van der Waals surface area contributed by atoms with E-state index >= 15 is 0 Å². The van der Waals surface area contributed by atoms with Gasteiger partial charge in [0.2, 0.25) is 5.52 Å². The first kappa shape index (κ1) is 35.4. The van der Waals surface area contributed by atoms with Crippen LogP contribution >= 0.6 is 23.1 Å². The highest BCUT2D eigenvalue weighted by Gasteiger charge is 2.29. The fourth-order valence-corrected chi connectivity index (χ4v) is 9.43. The number of halogens is 2. The standard InChI is InChI=1S/C22H24B.C21H19F2N2S2/c1-2-3-19-23(20-13-7-4-8-14-20,21-15-9-5-10-16-21)22-17-11-6-12-18-22;1-3-24-16-12-14(22)8-10-18(16)26-20(24)6-5-7-21-25(4-2)17-13-15(23)9-11-19(17)27-21/h4-18H,2-3,19H2,1H3;5-13H,3-4H2,1-2H3/q-1;+1. The second-order valence-corrected chi connectivity index (χ2v) is 14.7. The van der Waals surface area contributed by atoms with Gasteiger partial charge in [-0.05, 0) is 50.3 Å². The summed E-state index contributed by atoms with van der Waals surface area (Å²) >= 11 is 3.29. The largest absolute Gasteiger partial charge is 0.335 e. The van der Waals surface area contributed by atoms with Gasteiger partial charge in [0, 0.05) is 23.6 Å². The van der Waals surface area contributed by atoms with Gasteiger partial charge in [0.05, 0.1) is 16.9 Å². The third kappa shape index (κ3) is 7.50. The van der Waals surface area contributed by atoms with Crippen molar-refractivity contribution in [1.82, 2.24) is 0 Å². The lowest BCUT2D eigenvalue weighted by molar-refractivity contribution is -0.665. The van der Waals surface area contributed by atoms with E-state index in [2.05, 4.69) is 133 Å². The molecule has 0 fully saturated rings. The molecule has 2 heterocycles. The van der Waals surface area contributed by atoms with Crippen molar-refractivity contribution in [3.05, 3.63) is 161 Å². The second-order valence-electron chi connectivity index (χ2n) is 12.5. The summed E-state index contributed by atoms with van der Waals surface area (Å²) in [4.78, 5) is 3.18. The van der Waals surface area contributed by atoms with Crippen LogP contribution in [0.2, 0.25) is 6.32 Å². The molecule has 0 N–H and O–H groups in total. The number of rotatable bonds is 10. The molecule has 0 saturated heterocycles. The van der Waals surface area contributed by atoms with E-state index in [0.29, 0.717) is 0 Å². The Hall–Kier alpha value is -4.46. The molecular formula is C43H43BF2N2S2. The molecule has 0 saturated carbocycles. The molecule has 7 heteroatoms. The van der Waals surface area contributed by atoms with Crippen molar-refractivity contribution in [3.63, 3.8) is 0 Å². The Morgan fingerprint density at radius 1 is 0.720 bits per heavy atom. The molecule has 1 aromatic heterocycles. The Labute approximate surface area is 303 Å². The first-order chi connectivity index (χ1) is 24.5. The Bertz CT molecular complexity index is 1980. The Kier molecular flexibility index (Phi) is 11.7. The molecule has 7 rings (SSSR count). The lowest BCUT2D eigenvalue weighted by Crippen LogP contribution is -2.66. The predicted molar refractivity (Wildman–Crippen MR) is 214 cm³/mol. The summed E-state index contributed by atoms with van der Waals surface area (Å²) in [5, 5.41) is 2.15. The second kappa shape index (κ2) is 16.5. The minimum atomic E-state index is -0.913. The van der Waals surface area contributed by atoms with Crippen molar-refractivity contribution in [2.24, 2.45) is 0 Å². The highest BCUT2D eigenvalue weighted by atomic mass is 32.2. The summed E-state index contributed by atoms with van der Waals surface area (Å²) in [5.74, 6) is -0.433. The SMILES string of the molecule is CCCC[B-](c1ccccc1)(c1ccccc1)c1ccccc1.CCN1/C(=C/C=C/c2sc3ccc(F)cc3[n+]2CC)Sc2ccc(F)cc21. The molecule has 0 radical (unpaired) electrons. The number of allylic oxidation sites excluding steroid dienone is 2. The number of fused-ring (bicyclic) bond motifs is 2. The minimum absolute atomic E-state index is 0.217. The summed E-state index contributed by atoms with van der Waals surface area (Å²) < 4.78 is 30.4. The molecule has 1 aliphatic heterocycles. The van der Waals surface area contributed by atoms with Crippen LogP contribution in [-0.2, 0) is 6.54 Å². The number of aryl methyl sites for hydroxylation is 1. The van der Waals surface area contributed by atoms with Crippen LogP contribution in [0.4, 0.5) is 14.5 Å². The van der Waals surface area contributed by atoms with Crippen molar-refractivity contribution in [2.75, 3.05) is 11.4 Å². The first-order valence-electron chi connectivity index (χ1n) is 17.6. The van der Waals surface area contributed by atoms with Gasteiger partial charge in [0.15, 0.2) is 0 Å². The van der Waals surface area contributed by atoms with Crippen LogP contribution in [0.25, 0.3) is 16.3 Å². The number of thiazole rings is 1. The number of nitrogens with zero attached hydrogens (tertiary/aromatic N) is 2. The molecule has 1 aliphatic rings. The van der Waals surface area contributed by atoms with Gasteiger partial charge in [-0.3, -0.25) is 0 Å². The number of hydrogen-bond acceptors (Lipinski definition) is 3. The van der Waals surface area contributed by atoms with E-state index < -0.39 is 6.15 Å². The first-order valence-corrected chi connectivity index (χ1v) is 19.2. The van der Waals surface area contributed by atoms with Gasteiger partial charge in [-0.1, -0.05) is 140 Å². The lowest BCUT2D eigenvalue weighted by atomic mass is 9.14. The maximum Gasteiger partial charge on any atom is 0.262 e. The Balaban J connectivity index is 0.000000175. The number of benzene rings is 5. The van der Waals surface area contributed by atoms with Crippen molar-refractivity contribution in [2.45, 2.75) is 51.4 Å². The molecule has 0 unspecified atom stereocenters. The van der Waals surface area contributed by atoms with E-state index in [1.54, 1.807) is 35.2 Å². The van der Waals surface area contributed by atoms with Crippen LogP contribution in [0, 0.1) is 11.6 Å². The van der Waals surface area contributed by atoms with Gasteiger partial charge < -0.3 is 4.90 Å². The molecule has 5 aromatic carbocycles. The summed E-state index contributed by atoms with van der Waals surface area (Å²) in [6, 6.07) is 43.0. The average molecular weight is 701 g/mol. The highest BCUT2D eigenvalue weighted by molar-refractivity contribution is 8.03. The molecule has 0 atom stereocenters. The summed E-state index contributed by atoms with van der Waals surface area (Å²) in [6.07, 6.45) is 8.85. The lowest BCUT2D eigenvalue weighted by Gasteiger charge is -2.43. The zero-order valence-corrected chi connectivity index (χ0v) is 30.6. The molecule has 0 amide bonds. The quantitative estimate of drug-likeness (QED) is 0.104. The van der Waals surface area contributed by atoms with Crippen LogP contribution in [0.3, 0.4) is 0 Å². The van der Waals surface area contributed by atoms with Gasteiger partial charge in [-0.15, -0.1) is 0 Å². The monoisotopic (exact) mass is 700 g/mol. The molecule has 254 valence electrons. The van der Waals surface area contributed by atoms with E-state index in [0.717, 1.165) is 43.9 Å². The fourth-order valence-electron chi connectivity index (χ4n) is 7.19. The smallest absolute Gasteiger partial charge is 0.262 e. The number of aromatic nitrogens is 1. The molecule has 0 spiro atoms. The number of anilines is 1. The van der Waals surface area contributed by atoms with Crippen LogP contribution in [0.1, 0.15) is 38.6 Å². The van der Waals surface area contributed by atoms with Gasteiger partial charge in [0.1, 0.15) is 22.9 Å². The topological polar surface area (TPSA) is 7.12 Å². The zero-order valence-electron chi connectivity index (χ0n) is 28.9. The van der Waals surface area contributed by atoms with Gasteiger partial charge >= 0.3 is 0 Å². The van der Waals surface area contributed by atoms with Crippen LogP contribution in [0.15, 0.2) is 149 Å². The summed E-state index contributed by atoms with van der Waals surface area (Å²) in [7, 11) is 0. The molecular weight excluding hydrogens is 657 g/mol. The average Bonchev–Trinajstić information content (AvgIpc) is 3.69. The third-order valence-corrected chi connectivity index (χ3v) is 11.9. The maximum absolute atomic E-state index is 13.6. The Morgan fingerprint density at radius 2 is 1.30 bits per heavy atom. The molecule has 0 aliphatic carbocycles. The van der Waals surface area contributed by atoms with Crippen molar-refractivity contribution < 1.29 is 13.3 Å². The van der Waals surface area contributed by atoms with Crippen LogP contribution in [0.5, 0.6) is 0 Å². The van der Waals surface area contributed by atoms with E-state index in [1.807, 2.05) is 18.2 Å². The summed E-state index contributed by atoms with van der Waals surface area (Å²) in [5.41, 5.74) is 6.17. The van der Waals surface area contributed by atoms with E-state index in [-0.39, 0.29) is 11.6 Å². The van der Waals surface area contributed by atoms with Gasteiger partial charge in [0.25, 0.3) is 5.01 Å². The van der Waals surface area contributed by atoms with Gasteiger partial charge in [-0.2, -0.15) is 27.3 Å². The molecule has 0 bridgehead atoms. The maximum atomic E-state index is 13.6. The van der Waals surface area contributed by atoms with Crippen molar-refractivity contribution >= 4 is 67.6 Å². The van der Waals surface area contributed by atoms with E-state index in [1.165, 1.54) is 47.7 Å². The third-order valence-electron chi connectivity index (χ3n) is 9.59. The van der Waals surface area contributed by atoms with Crippen LogP contribution < -0.4 is 25.9 Å². The minimum Gasteiger partial charge on any atom is -0.335 e.